The zero-order valence-corrected chi connectivity index (χ0v) is 9.92. The fourth-order valence-corrected chi connectivity index (χ4v) is 1.32. The lowest BCUT2D eigenvalue weighted by molar-refractivity contribution is 0.140. The highest BCUT2D eigenvalue weighted by Crippen LogP contribution is 2.15. The second-order valence-electron chi connectivity index (χ2n) is 3.66. The molecule has 0 aliphatic rings. The van der Waals surface area contributed by atoms with Crippen molar-refractivity contribution in [1.82, 2.24) is 5.32 Å². The maximum absolute atomic E-state index is 13.0. The molecule has 1 atom stereocenters. The zero-order chi connectivity index (χ0) is 12.0. The van der Waals surface area contributed by atoms with Crippen LogP contribution in [0.3, 0.4) is 0 Å². The molecule has 0 spiro atoms. The zero-order valence-electron chi connectivity index (χ0n) is 9.92. The summed E-state index contributed by atoms with van der Waals surface area (Å²) >= 11 is 0. The van der Waals surface area contributed by atoms with Gasteiger partial charge in [0.25, 0.3) is 0 Å². The van der Waals surface area contributed by atoms with E-state index in [1.54, 1.807) is 26.2 Å². The summed E-state index contributed by atoms with van der Waals surface area (Å²) in [5.74, 6) is 0.463. The minimum absolute atomic E-state index is 0.135. The van der Waals surface area contributed by atoms with Gasteiger partial charge in [-0.15, -0.1) is 0 Å². The highest BCUT2D eigenvalue weighted by atomic mass is 19.1. The maximum atomic E-state index is 13.0. The van der Waals surface area contributed by atoms with Crippen LogP contribution in [0.2, 0.25) is 0 Å². The van der Waals surface area contributed by atoms with E-state index in [0.717, 1.165) is 0 Å². The average Bonchev–Trinajstić information content (AvgIpc) is 2.28. The van der Waals surface area contributed by atoms with E-state index in [9.17, 15) is 4.39 Å². The summed E-state index contributed by atoms with van der Waals surface area (Å²) < 4.78 is 23.6. The van der Waals surface area contributed by atoms with Gasteiger partial charge in [-0.1, -0.05) is 0 Å². The van der Waals surface area contributed by atoms with Crippen molar-refractivity contribution in [3.8, 4) is 5.75 Å². The van der Waals surface area contributed by atoms with Crippen LogP contribution in [0.4, 0.5) is 4.39 Å². The molecule has 0 aliphatic heterocycles. The fourth-order valence-electron chi connectivity index (χ4n) is 1.32. The van der Waals surface area contributed by atoms with Gasteiger partial charge in [-0.3, -0.25) is 0 Å². The topological polar surface area (TPSA) is 30.5 Å². The molecule has 0 saturated heterocycles. The summed E-state index contributed by atoms with van der Waals surface area (Å²) in [7, 11) is 3.50. The molecule has 0 radical (unpaired) electrons. The van der Waals surface area contributed by atoms with Crippen molar-refractivity contribution in [3.63, 3.8) is 0 Å². The lowest BCUT2D eigenvalue weighted by Crippen LogP contribution is -2.35. The Bertz CT molecular complexity index is 331. The molecule has 1 aromatic carbocycles. The third-order valence-corrected chi connectivity index (χ3v) is 2.36. The molecule has 4 heteroatoms. The Hall–Kier alpha value is -1.13. The largest absolute Gasteiger partial charge is 0.492 e. The Labute approximate surface area is 95.6 Å². The van der Waals surface area contributed by atoms with Crippen LogP contribution < -0.4 is 10.1 Å². The van der Waals surface area contributed by atoms with E-state index in [1.807, 2.05) is 7.05 Å². The number of rotatable bonds is 6. The average molecular weight is 227 g/mol. The number of hydrogen-bond acceptors (Lipinski definition) is 3. The molecular formula is C12H18FNO2. The van der Waals surface area contributed by atoms with Crippen molar-refractivity contribution in [1.29, 1.82) is 0 Å². The van der Waals surface area contributed by atoms with E-state index in [2.05, 4.69) is 5.32 Å². The number of ether oxygens (including phenoxy) is 2. The van der Waals surface area contributed by atoms with Crippen molar-refractivity contribution in [2.75, 3.05) is 27.4 Å². The molecule has 1 N–H and O–H groups in total. The lowest BCUT2D eigenvalue weighted by atomic mass is 10.2. The Morgan fingerprint density at radius 2 is 2.12 bits per heavy atom. The standard InChI is InChI=1S/C12H18FNO2/c1-9-6-11(4-5-12(9)13)16-8-10(14-2)7-15-3/h4-6,10,14H,7-8H2,1-3H3. The van der Waals surface area contributed by atoms with Crippen LogP contribution in [-0.4, -0.2) is 33.4 Å². The first kappa shape index (κ1) is 12.9. The molecule has 1 rings (SSSR count). The molecule has 0 aromatic heterocycles. The number of likely N-dealkylation sites (N-methyl/N-ethyl adjacent to an activating group) is 1. The van der Waals surface area contributed by atoms with Gasteiger partial charge < -0.3 is 14.8 Å². The quantitative estimate of drug-likeness (QED) is 0.803. The van der Waals surface area contributed by atoms with Crippen LogP contribution in [0.15, 0.2) is 18.2 Å². The number of aryl methyl sites for hydroxylation is 1. The van der Waals surface area contributed by atoms with Crippen LogP contribution in [0.5, 0.6) is 5.75 Å². The number of hydrogen-bond donors (Lipinski definition) is 1. The van der Waals surface area contributed by atoms with Gasteiger partial charge >= 0.3 is 0 Å². The lowest BCUT2D eigenvalue weighted by Gasteiger charge is -2.16. The third kappa shape index (κ3) is 3.79. The van der Waals surface area contributed by atoms with Crippen molar-refractivity contribution >= 4 is 0 Å². The summed E-state index contributed by atoms with van der Waals surface area (Å²) in [6.45, 7) is 2.79. The molecule has 16 heavy (non-hydrogen) atoms. The van der Waals surface area contributed by atoms with Gasteiger partial charge in [0.05, 0.1) is 12.6 Å². The smallest absolute Gasteiger partial charge is 0.126 e. The second-order valence-corrected chi connectivity index (χ2v) is 3.66. The molecule has 0 bridgehead atoms. The predicted octanol–water partition coefficient (Wildman–Crippen LogP) is 1.75. The van der Waals surface area contributed by atoms with E-state index in [4.69, 9.17) is 9.47 Å². The van der Waals surface area contributed by atoms with Gasteiger partial charge in [0, 0.05) is 7.11 Å². The first-order valence-corrected chi connectivity index (χ1v) is 5.22. The minimum atomic E-state index is -0.214. The maximum Gasteiger partial charge on any atom is 0.126 e. The Morgan fingerprint density at radius 1 is 1.38 bits per heavy atom. The molecule has 0 fully saturated rings. The molecule has 90 valence electrons. The van der Waals surface area contributed by atoms with E-state index in [1.165, 1.54) is 6.07 Å². The summed E-state index contributed by atoms with van der Waals surface area (Å²) in [5, 5.41) is 3.08. The Morgan fingerprint density at radius 3 is 2.69 bits per heavy atom. The monoisotopic (exact) mass is 227 g/mol. The van der Waals surface area contributed by atoms with Crippen LogP contribution in [0.25, 0.3) is 0 Å². The summed E-state index contributed by atoms with van der Waals surface area (Å²) in [5.41, 5.74) is 0.588. The SMILES string of the molecule is CNC(COC)COc1ccc(F)c(C)c1. The van der Waals surface area contributed by atoms with Gasteiger partial charge in [0.2, 0.25) is 0 Å². The minimum Gasteiger partial charge on any atom is -0.492 e. The van der Waals surface area contributed by atoms with Crippen molar-refractivity contribution in [2.45, 2.75) is 13.0 Å². The van der Waals surface area contributed by atoms with Crippen LogP contribution in [0, 0.1) is 12.7 Å². The van der Waals surface area contributed by atoms with Gasteiger partial charge in [0.15, 0.2) is 0 Å². The first-order valence-electron chi connectivity index (χ1n) is 5.22. The molecule has 0 saturated carbocycles. The van der Waals surface area contributed by atoms with Gasteiger partial charge in [-0.25, -0.2) is 4.39 Å². The van der Waals surface area contributed by atoms with Crippen LogP contribution in [-0.2, 0) is 4.74 Å². The molecule has 1 aromatic rings. The number of methoxy groups -OCH3 is 1. The second kappa shape index (κ2) is 6.45. The summed E-state index contributed by atoms with van der Waals surface area (Å²) in [6, 6.07) is 4.86. The molecule has 0 aliphatic carbocycles. The van der Waals surface area contributed by atoms with Gasteiger partial charge in [0.1, 0.15) is 18.2 Å². The molecular weight excluding hydrogens is 209 g/mol. The van der Waals surface area contributed by atoms with Crippen molar-refractivity contribution in [3.05, 3.63) is 29.6 Å². The first-order chi connectivity index (χ1) is 7.67. The predicted molar refractivity (Wildman–Crippen MR) is 61.4 cm³/mol. The van der Waals surface area contributed by atoms with Gasteiger partial charge in [-0.2, -0.15) is 0 Å². The van der Waals surface area contributed by atoms with Gasteiger partial charge in [-0.05, 0) is 37.7 Å². The Kier molecular flexibility index (Phi) is 5.22. The number of halogens is 1. The Balaban J connectivity index is 2.50. The van der Waals surface area contributed by atoms with E-state index in [-0.39, 0.29) is 11.9 Å². The summed E-state index contributed by atoms with van der Waals surface area (Å²) in [6.07, 6.45) is 0. The van der Waals surface area contributed by atoms with E-state index >= 15 is 0 Å². The van der Waals surface area contributed by atoms with E-state index in [0.29, 0.717) is 24.5 Å². The highest BCUT2D eigenvalue weighted by molar-refractivity contribution is 5.28. The van der Waals surface area contributed by atoms with E-state index < -0.39 is 0 Å². The molecule has 0 heterocycles. The normalized spacial score (nSPS) is 12.5. The van der Waals surface area contributed by atoms with Crippen LogP contribution >= 0.6 is 0 Å². The molecule has 1 unspecified atom stereocenters. The molecule has 3 nitrogen and oxygen atoms in total. The van der Waals surface area contributed by atoms with Crippen LogP contribution in [0.1, 0.15) is 5.56 Å². The highest BCUT2D eigenvalue weighted by Gasteiger charge is 2.07. The fraction of sp³-hybridized carbons (Fsp3) is 0.500. The third-order valence-electron chi connectivity index (χ3n) is 2.36. The van der Waals surface area contributed by atoms with Crippen molar-refractivity contribution in [2.24, 2.45) is 0 Å². The molecule has 0 amide bonds. The summed E-state index contributed by atoms with van der Waals surface area (Å²) in [4.78, 5) is 0. The van der Waals surface area contributed by atoms with Crippen molar-refractivity contribution < 1.29 is 13.9 Å². The number of benzene rings is 1. The number of nitrogens with one attached hydrogen (secondary N) is 1.